The number of aliphatic carboxylic acids is 1. The molecule has 0 saturated heterocycles. The number of benzene rings is 1. The zero-order valence-electron chi connectivity index (χ0n) is 8.73. The Bertz CT molecular complexity index is 554. The van der Waals surface area contributed by atoms with Crippen LogP contribution < -0.4 is 4.74 Å². The molecule has 1 aromatic carbocycles. The van der Waals surface area contributed by atoms with Gasteiger partial charge in [0, 0.05) is 23.2 Å². The van der Waals surface area contributed by atoms with Gasteiger partial charge >= 0.3 is 5.97 Å². The quantitative estimate of drug-likeness (QED) is 0.775. The van der Waals surface area contributed by atoms with Crippen LogP contribution in [0.3, 0.4) is 0 Å². The van der Waals surface area contributed by atoms with Crippen molar-refractivity contribution in [3.05, 3.63) is 36.0 Å². The molecule has 1 heterocycles. The van der Waals surface area contributed by atoms with Crippen LogP contribution in [0.4, 0.5) is 0 Å². The standard InChI is InChI=1S/C12H11NO3/c1-16-10-4-2-3-9-8(5-6-11(14)15)7-13-12(9)10/h2-7,13H,1H3,(H,14,15)/b6-5+. The average molecular weight is 217 g/mol. The molecule has 4 heteroatoms. The van der Waals surface area contributed by atoms with E-state index in [0.29, 0.717) is 0 Å². The van der Waals surface area contributed by atoms with E-state index in [1.54, 1.807) is 19.4 Å². The number of methoxy groups -OCH3 is 1. The highest BCUT2D eigenvalue weighted by Gasteiger charge is 2.05. The van der Waals surface area contributed by atoms with Crippen molar-refractivity contribution in [1.82, 2.24) is 4.98 Å². The molecular formula is C12H11NO3. The summed E-state index contributed by atoms with van der Waals surface area (Å²) < 4.78 is 5.19. The van der Waals surface area contributed by atoms with Crippen molar-refractivity contribution in [3.8, 4) is 5.75 Å². The van der Waals surface area contributed by atoms with Crippen molar-refractivity contribution in [2.75, 3.05) is 7.11 Å². The van der Waals surface area contributed by atoms with Crippen molar-refractivity contribution in [2.45, 2.75) is 0 Å². The number of aromatic amines is 1. The molecule has 0 aliphatic rings. The predicted octanol–water partition coefficient (Wildman–Crippen LogP) is 2.27. The normalized spacial score (nSPS) is 11.1. The lowest BCUT2D eigenvalue weighted by atomic mass is 10.1. The summed E-state index contributed by atoms with van der Waals surface area (Å²) >= 11 is 0. The number of carboxylic acids is 1. The van der Waals surface area contributed by atoms with Crippen LogP contribution in [0.25, 0.3) is 17.0 Å². The number of carboxylic acid groups (broad SMARTS) is 1. The summed E-state index contributed by atoms with van der Waals surface area (Å²) in [6.45, 7) is 0. The predicted molar refractivity (Wildman–Crippen MR) is 61.5 cm³/mol. The Labute approximate surface area is 92.2 Å². The number of aromatic nitrogens is 1. The number of fused-ring (bicyclic) bond motifs is 1. The van der Waals surface area contributed by atoms with Crippen LogP contribution in [-0.4, -0.2) is 23.2 Å². The number of H-pyrrole nitrogens is 1. The number of hydrogen-bond acceptors (Lipinski definition) is 2. The third-order valence-electron chi connectivity index (χ3n) is 2.33. The molecule has 0 radical (unpaired) electrons. The minimum absolute atomic E-state index is 0.743. The number of carbonyl (C=O) groups is 1. The SMILES string of the molecule is COc1cccc2c(/C=C/C(=O)O)c[nH]c12. The molecule has 0 aliphatic heterocycles. The Kier molecular flexibility index (Phi) is 2.64. The van der Waals surface area contributed by atoms with Crippen molar-refractivity contribution in [2.24, 2.45) is 0 Å². The van der Waals surface area contributed by atoms with Crippen molar-refractivity contribution < 1.29 is 14.6 Å². The highest BCUT2D eigenvalue weighted by Crippen LogP contribution is 2.27. The maximum absolute atomic E-state index is 10.4. The summed E-state index contributed by atoms with van der Waals surface area (Å²) in [6, 6.07) is 5.63. The van der Waals surface area contributed by atoms with Gasteiger partial charge in [-0.25, -0.2) is 4.79 Å². The number of nitrogens with one attached hydrogen (secondary N) is 1. The zero-order chi connectivity index (χ0) is 11.5. The van der Waals surface area contributed by atoms with Crippen molar-refractivity contribution in [3.63, 3.8) is 0 Å². The van der Waals surface area contributed by atoms with E-state index in [1.165, 1.54) is 0 Å². The van der Waals surface area contributed by atoms with Crippen LogP contribution in [0.15, 0.2) is 30.5 Å². The van der Waals surface area contributed by atoms with Gasteiger partial charge in [0.1, 0.15) is 5.75 Å². The van der Waals surface area contributed by atoms with Gasteiger partial charge in [-0.05, 0) is 12.1 Å². The lowest BCUT2D eigenvalue weighted by molar-refractivity contribution is -0.131. The van der Waals surface area contributed by atoms with Gasteiger partial charge in [-0.15, -0.1) is 0 Å². The third kappa shape index (κ3) is 1.77. The first-order valence-corrected chi connectivity index (χ1v) is 4.77. The van der Waals surface area contributed by atoms with Crippen molar-refractivity contribution >= 4 is 22.9 Å². The van der Waals surface area contributed by atoms with Crippen LogP contribution in [0.5, 0.6) is 5.75 Å². The summed E-state index contributed by atoms with van der Waals surface area (Å²) in [6.07, 6.45) is 4.43. The van der Waals surface area contributed by atoms with E-state index in [9.17, 15) is 4.79 Å². The van der Waals surface area contributed by atoms with Crippen LogP contribution in [0.2, 0.25) is 0 Å². The van der Waals surface area contributed by atoms with Gasteiger partial charge in [-0.2, -0.15) is 0 Å². The fraction of sp³-hybridized carbons (Fsp3) is 0.0833. The fourth-order valence-electron chi connectivity index (χ4n) is 1.62. The molecule has 1 aromatic heterocycles. The number of hydrogen-bond donors (Lipinski definition) is 2. The van der Waals surface area contributed by atoms with Gasteiger partial charge in [-0.3, -0.25) is 0 Å². The molecule has 0 unspecified atom stereocenters. The molecule has 4 nitrogen and oxygen atoms in total. The number of ether oxygens (including phenoxy) is 1. The maximum Gasteiger partial charge on any atom is 0.328 e. The van der Waals surface area contributed by atoms with E-state index in [-0.39, 0.29) is 0 Å². The molecule has 82 valence electrons. The summed E-state index contributed by atoms with van der Waals surface area (Å²) in [5, 5.41) is 9.50. The van der Waals surface area contributed by atoms with Crippen LogP contribution in [0.1, 0.15) is 5.56 Å². The van der Waals surface area contributed by atoms with E-state index in [1.807, 2.05) is 18.2 Å². The second-order valence-corrected chi connectivity index (χ2v) is 3.30. The Hall–Kier alpha value is -2.23. The van der Waals surface area contributed by atoms with Gasteiger partial charge in [0.05, 0.1) is 12.6 Å². The first kappa shape index (κ1) is 10.3. The highest BCUT2D eigenvalue weighted by atomic mass is 16.5. The molecule has 2 aromatic rings. The molecule has 0 spiro atoms. The molecule has 16 heavy (non-hydrogen) atoms. The Balaban J connectivity index is 2.53. The first-order chi connectivity index (χ1) is 7.72. The van der Waals surface area contributed by atoms with Crippen molar-refractivity contribution in [1.29, 1.82) is 0 Å². The largest absolute Gasteiger partial charge is 0.495 e. The fourth-order valence-corrected chi connectivity index (χ4v) is 1.62. The Morgan fingerprint density at radius 3 is 3.00 bits per heavy atom. The van der Waals surface area contributed by atoms with Gasteiger partial charge in [0.25, 0.3) is 0 Å². The Morgan fingerprint density at radius 1 is 1.50 bits per heavy atom. The number of rotatable bonds is 3. The molecule has 0 fully saturated rings. The minimum Gasteiger partial charge on any atom is -0.495 e. The van der Waals surface area contributed by atoms with E-state index in [4.69, 9.17) is 9.84 Å². The summed E-state index contributed by atoms with van der Waals surface area (Å²) in [7, 11) is 1.60. The van der Waals surface area contributed by atoms with E-state index in [2.05, 4.69) is 4.98 Å². The highest BCUT2D eigenvalue weighted by molar-refractivity contribution is 5.95. The summed E-state index contributed by atoms with van der Waals surface area (Å²) in [4.78, 5) is 13.5. The molecule has 0 saturated carbocycles. The summed E-state index contributed by atoms with van der Waals surface area (Å²) in [5.74, 6) is -0.218. The second-order valence-electron chi connectivity index (χ2n) is 3.30. The molecule has 2 N–H and O–H groups in total. The molecule has 0 atom stereocenters. The second kappa shape index (κ2) is 4.10. The van der Waals surface area contributed by atoms with Gasteiger partial charge < -0.3 is 14.8 Å². The topological polar surface area (TPSA) is 62.3 Å². The lowest BCUT2D eigenvalue weighted by Crippen LogP contribution is -1.85. The number of para-hydroxylation sites is 1. The molecule has 2 rings (SSSR count). The molecule has 0 aliphatic carbocycles. The van der Waals surface area contributed by atoms with Crippen LogP contribution in [0, 0.1) is 0 Å². The molecular weight excluding hydrogens is 206 g/mol. The van der Waals surface area contributed by atoms with E-state index < -0.39 is 5.97 Å². The van der Waals surface area contributed by atoms with Gasteiger partial charge in [-0.1, -0.05) is 12.1 Å². The van der Waals surface area contributed by atoms with Gasteiger partial charge in [0.15, 0.2) is 0 Å². The minimum atomic E-state index is -0.961. The Morgan fingerprint density at radius 2 is 2.31 bits per heavy atom. The van der Waals surface area contributed by atoms with Crippen LogP contribution >= 0.6 is 0 Å². The third-order valence-corrected chi connectivity index (χ3v) is 2.33. The zero-order valence-corrected chi connectivity index (χ0v) is 8.73. The van der Waals surface area contributed by atoms with E-state index in [0.717, 1.165) is 28.3 Å². The molecule has 0 amide bonds. The average Bonchev–Trinajstić information content (AvgIpc) is 2.69. The monoisotopic (exact) mass is 217 g/mol. The lowest BCUT2D eigenvalue weighted by Gasteiger charge is -2.00. The summed E-state index contributed by atoms with van der Waals surface area (Å²) in [5.41, 5.74) is 1.70. The first-order valence-electron chi connectivity index (χ1n) is 4.77. The van der Waals surface area contributed by atoms with E-state index >= 15 is 0 Å². The van der Waals surface area contributed by atoms with Crippen LogP contribution in [-0.2, 0) is 4.79 Å². The smallest absolute Gasteiger partial charge is 0.328 e. The maximum atomic E-state index is 10.4. The molecule has 0 bridgehead atoms. The van der Waals surface area contributed by atoms with Gasteiger partial charge in [0.2, 0.25) is 0 Å².